The van der Waals surface area contributed by atoms with Gasteiger partial charge in [0.1, 0.15) is 5.01 Å². The van der Waals surface area contributed by atoms with Crippen molar-refractivity contribution in [2.75, 3.05) is 0 Å². The molecular weight excluding hydrogens is 583 g/mol. The van der Waals surface area contributed by atoms with Crippen LogP contribution in [0.4, 0.5) is 0 Å². The van der Waals surface area contributed by atoms with Crippen molar-refractivity contribution in [1.82, 2.24) is 9.55 Å². The van der Waals surface area contributed by atoms with Crippen molar-refractivity contribution >= 4 is 43.4 Å². The van der Waals surface area contributed by atoms with Gasteiger partial charge >= 0.3 is 0 Å². The van der Waals surface area contributed by atoms with Crippen molar-refractivity contribution < 1.29 is 0 Å². The molecule has 0 aliphatic heterocycles. The fourth-order valence-corrected chi connectivity index (χ4v) is 7.01. The van der Waals surface area contributed by atoms with Crippen molar-refractivity contribution in [1.29, 1.82) is 15.8 Å². The highest BCUT2D eigenvalue weighted by atomic mass is 32.1. The number of hydrogen-bond acceptors (Lipinski definition) is 5. The van der Waals surface area contributed by atoms with Crippen LogP contribution in [0.2, 0.25) is 0 Å². The summed E-state index contributed by atoms with van der Waals surface area (Å²) in [6, 6.07) is 48.9. The molecule has 0 spiro atoms. The van der Waals surface area contributed by atoms with Crippen molar-refractivity contribution in [2.24, 2.45) is 0 Å². The summed E-state index contributed by atoms with van der Waals surface area (Å²) in [4.78, 5) is 4.99. The molecule has 0 saturated carbocycles. The van der Waals surface area contributed by atoms with Crippen LogP contribution >= 0.6 is 11.3 Å². The summed E-state index contributed by atoms with van der Waals surface area (Å²) in [6.07, 6.45) is 0. The molecule has 0 atom stereocenters. The molecule has 5 nitrogen and oxygen atoms in total. The largest absolute Gasteiger partial charge is 0.309 e. The second-order valence-corrected chi connectivity index (χ2v) is 12.1. The van der Waals surface area contributed by atoms with Crippen LogP contribution in [0.15, 0.2) is 127 Å². The Bertz CT molecular complexity index is 2500. The second kappa shape index (κ2) is 10.9. The van der Waals surface area contributed by atoms with Crippen LogP contribution in [0.5, 0.6) is 0 Å². The Morgan fingerprint density at radius 2 is 1.02 bits per heavy atom. The lowest BCUT2D eigenvalue weighted by Gasteiger charge is -2.13. The van der Waals surface area contributed by atoms with Gasteiger partial charge in [0, 0.05) is 22.0 Å². The third-order valence-electron chi connectivity index (χ3n) is 8.31. The SMILES string of the molecule is N#Cc1ccc(-c2ccc(-c3cc(-c4nc5ccccc5s4)cc(-n4c5cc(C#N)ccc5c5ccc(C#N)cc54)c3)cc2)cc1. The Morgan fingerprint density at radius 1 is 0.500 bits per heavy atom. The number of para-hydroxylation sites is 1. The van der Waals surface area contributed by atoms with Crippen molar-refractivity contribution in [3.05, 3.63) is 144 Å². The molecule has 212 valence electrons. The summed E-state index contributed by atoms with van der Waals surface area (Å²) in [5.74, 6) is 0. The zero-order valence-corrected chi connectivity index (χ0v) is 25.1. The van der Waals surface area contributed by atoms with E-state index in [-0.39, 0.29) is 0 Å². The van der Waals surface area contributed by atoms with Gasteiger partial charge in [0.05, 0.1) is 56.1 Å². The molecule has 0 amide bonds. The van der Waals surface area contributed by atoms with Gasteiger partial charge in [-0.05, 0) is 89.0 Å². The Hall–Kier alpha value is -6.52. The minimum Gasteiger partial charge on any atom is -0.309 e. The van der Waals surface area contributed by atoms with Crippen LogP contribution < -0.4 is 0 Å². The maximum absolute atomic E-state index is 9.78. The van der Waals surface area contributed by atoms with Gasteiger partial charge in [-0.15, -0.1) is 11.3 Å². The standard InChI is InChI=1S/C40H21N5S/c41-22-25-5-9-28(10-6-25)29-11-13-30(14-12-29)31-19-32(40-44-36-3-1-2-4-39(36)46-40)21-33(20-31)45-37-17-26(23-42)7-15-34(37)35-16-8-27(24-43)18-38(35)45/h1-21H. The van der Waals surface area contributed by atoms with Crippen LogP contribution in [0.25, 0.3) is 70.5 Å². The summed E-state index contributed by atoms with van der Waals surface area (Å²) < 4.78 is 3.27. The highest BCUT2D eigenvalue weighted by molar-refractivity contribution is 7.21. The second-order valence-electron chi connectivity index (χ2n) is 11.0. The molecule has 0 bridgehead atoms. The number of nitriles is 3. The van der Waals surface area contributed by atoms with Gasteiger partial charge in [-0.1, -0.05) is 60.7 Å². The zero-order chi connectivity index (χ0) is 31.2. The Kier molecular flexibility index (Phi) is 6.40. The first-order valence-electron chi connectivity index (χ1n) is 14.6. The number of nitrogens with zero attached hydrogens (tertiary/aromatic N) is 5. The summed E-state index contributed by atoms with van der Waals surface area (Å²) >= 11 is 1.65. The van der Waals surface area contributed by atoms with E-state index in [1.807, 2.05) is 78.9 Å². The quantitative estimate of drug-likeness (QED) is 0.200. The van der Waals surface area contributed by atoms with Crippen molar-refractivity contribution in [3.8, 4) is 56.7 Å². The predicted octanol–water partition coefficient (Wildman–Crippen LogP) is 10.0. The van der Waals surface area contributed by atoms with E-state index in [0.717, 1.165) is 70.5 Å². The van der Waals surface area contributed by atoms with E-state index in [1.165, 1.54) is 0 Å². The molecular formula is C40H21N5S. The summed E-state index contributed by atoms with van der Waals surface area (Å²) in [6.45, 7) is 0. The molecule has 0 fully saturated rings. The van der Waals surface area contributed by atoms with E-state index in [9.17, 15) is 15.8 Å². The first-order chi connectivity index (χ1) is 22.6. The highest BCUT2D eigenvalue weighted by Gasteiger charge is 2.17. The van der Waals surface area contributed by atoms with E-state index in [1.54, 1.807) is 11.3 Å². The molecule has 6 aromatic carbocycles. The minimum absolute atomic E-state index is 0.568. The fraction of sp³-hybridized carbons (Fsp3) is 0. The number of rotatable bonds is 4. The van der Waals surface area contributed by atoms with E-state index in [4.69, 9.17) is 4.98 Å². The van der Waals surface area contributed by atoms with Gasteiger partial charge in [0.15, 0.2) is 0 Å². The normalized spacial score (nSPS) is 11.0. The lowest BCUT2D eigenvalue weighted by atomic mass is 9.98. The van der Waals surface area contributed by atoms with Gasteiger partial charge in [0.2, 0.25) is 0 Å². The average Bonchev–Trinajstić information content (AvgIpc) is 3.70. The van der Waals surface area contributed by atoms with Gasteiger partial charge < -0.3 is 4.57 Å². The Morgan fingerprint density at radius 3 is 1.61 bits per heavy atom. The van der Waals surface area contributed by atoms with Crippen LogP contribution in [-0.4, -0.2) is 9.55 Å². The van der Waals surface area contributed by atoms with Crippen molar-refractivity contribution in [3.63, 3.8) is 0 Å². The molecule has 0 aliphatic carbocycles. The van der Waals surface area contributed by atoms with Crippen LogP contribution in [0.3, 0.4) is 0 Å². The fourth-order valence-electron chi connectivity index (χ4n) is 6.05. The molecule has 6 heteroatoms. The first-order valence-corrected chi connectivity index (χ1v) is 15.4. The highest BCUT2D eigenvalue weighted by Crippen LogP contribution is 2.39. The molecule has 2 aromatic heterocycles. The number of fused-ring (bicyclic) bond motifs is 4. The van der Waals surface area contributed by atoms with Crippen LogP contribution in [-0.2, 0) is 0 Å². The molecule has 8 aromatic rings. The Labute approximate surface area is 268 Å². The van der Waals surface area contributed by atoms with Crippen molar-refractivity contribution in [2.45, 2.75) is 0 Å². The smallest absolute Gasteiger partial charge is 0.124 e. The third kappa shape index (κ3) is 4.57. The van der Waals surface area contributed by atoms with Gasteiger partial charge in [-0.3, -0.25) is 0 Å². The maximum atomic E-state index is 9.78. The van der Waals surface area contributed by atoms with Crippen LogP contribution in [0.1, 0.15) is 16.7 Å². The van der Waals surface area contributed by atoms with Gasteiger partial charge in [-0.25, -0.2) is 4.98 Å². The summed E-state index contributed by atoms with van der Waals surface area (Å²) in [7, 11) is 0. The maximum Gasteiger partial charge on any atom is 0.124 e. The first kappa shape index (κ1) is 27.1. The van der Waals surface area contributed by atoms with Crippen LogP contribution in [0, 0.1) is 34.0 Å². The Balaban J connectivity index is 1.36. The van der Waals surface area contributed by atoms with Gasteiger partial charge in [-0.2, -0.15) is 15.8 Å². The molecule has 2 heterocycles. The van der Waals surface area contributed by atoms with E-state index >= 15 is 0 Å². The minimum atomic E-state index is 0.568. The monoisotopic (exact) mass is 603 g/mol. The molecule has 8 rings (SSSR count). The molecule has 0 N–H and O–H groups in total. The summed E-state index contributed by atoms with van der Waals surface area (Å²) in [5, 5.41) is 31.7. The summed E-state index contributed by atoms with van der Waals surface area (Å²) in [5.41, 5.74) is 10.6. The predicted molar refractivity (Wildman–Crippen MR) is 184 cm³/mol. The van der Waals surface area contributed by atoms with E-state index < -0.39 is 0 Å². The topological polar surface area (TPSA) is 89.2 Å². The van der Waals surface area contributed by atoms with E-state index in [2.05, 4.69) is 71.3 Å². The van der Waals surface area contributed by atoms with Gasteiger partial charge in [0.25, 0.3) is 0 Å². The number of aromatic nitrogens is 2. The average molecular weight is 604 g/mol. The molecule has 0 saturated heterocycles. The lowest BCUT2D eigenvalue weighted by molar-refractivity contribution is 1.18. The number of thiazole rings is 1. The lowest BCUT2D eigenvalue weighted by Crippen LogP contribution is -1.96. The third-order valence-corrected chi connectivity index (χ3v) is 9.39. The zero-order valence-electron chi connectivity index (χ0n) is 24.3. The molecule has 46 heavy (non-hydrogen) atoms. The number of hydrogen-bond donors (Lipinski definition) is 0. The van der Waals surface area contributed by atoms with E-state index in [0.29, 0.717) is 16.7 Å². The molecule has 0 unspecified atom stereocenters. The molecule has 0 aliphatic rings. The number of benzene rings is 6. The molecule has 0 radical (unpaired) electrons.